The zero-order valence-corrected chi connectivity index (χ0v) is 11.2. The minimum atomic E-state index is -1.21. The van der Waals surface area contributed by atoms with Crippen LogP contribution in [0.1, 0.15) is 12.8 Å². The van der Waals surface area contributed by atoms with Crippen molar-refractivity contribution in [3.8, 4) is 12.3 Å². The molecule has 3 amide bonds. The summed E-state index contributed by atoms with van der Waals surface area (Å²) >= 11 is 1.48. The molecule has 0 saturated heterocycles. The summed E-state index contributed by atoms with van der Waals surface area (Å²) < 4.78 is 0. The molecule has 0 rings (SSSR count). The van der Waals surface area contributed by atoms with Crippen LogP contribution in [-0.4, -0.2) is 47.1 Å². The molecule has 0 fully saturated rings. The van der Waals surface area contributed by atoms with Gasteiger partial charge in [-0.1, -0.05) is 5.92 Å². The second-order valence-corrected chi connectivity index (χ2v) is 4.66. The van der Waals surface area contributed by atoms with Crippen LogP contribution in [0.3, 0.4) is 0 Å². The van der Waals surface area contributed by atoms with Gasteiger partial charge in [0.05, 0.1) is 5.75 Å². The van der Waals surface area contributed by atoms with Crippen molar-refractivity contribution >= 4 is 29.7 Å². The van der Waals surface area contributed by atoms with Gasteiger partial charge in [-0.2, -0.15) is 0 Å². The number of terminal acetylenes is 1. The van der Waals surface area contributed by atoms with Gasteiger partial charge in [-0.05, 0) is 6.42 Å². The van der Waals surface area contributed by atoms with E-state index < -0.39 is 23.9 Å². The maximum absolute atomic E-state index is 11.4. The van der Waals surface area contributed by atoms with Crippen LogP contribution in [0.25, 0.3) is 0 Å². The number of hydrogen-bond acceptors (Lipinski definition) is 4. The van der Waals surface area contributed by atoms with Crippen LogP contribution in [0.15, 0.2) is 0 Å². The van der Waals surface area contributed by atoms with E-state index >= 15 is 0 Å². The number of carbonyl (C=O) groups excluding carboxylic acids is 2. The lowest BCUT2D eigenvalue weighted by Crippen LogP contribution is -2.46. The molecule has 0 heterocycles. The van der Waals surface area contributed by atoms with Crippen LogP contribution in [0.2, 0.25) is 0 Å². The van der Waals surface area contributed by atoms with Gasteiger partial charge in [-0.15, -0.1) is 18.2 Å². The first kappa shape index (κ1) is 17.1. The summed E-state index contributed by atoms with van der Waals surface area (Å²) in [5.41, 5.74) is 4.92. The second-order valence-electron chi connectivity index (χ2n) is 3.55. The molecule has 0 unspecified atom stereocenters. The van der Waals surface area contributed by atoms with E-state index in [1.54, 1.807) is 0 Å². The molecule has 8 heteroatoms. The summed E-state index contributed by atoms with van der Waals surface area (Å²) in [7, 11) is 0. The first-order valence-corrected chi connectivity index (χ1v) is 6.69. The van der Waals surface area contributed by atoms with E-state index in [1.807, 2.05) is 0 Å². The summed E-state index contributed by atoms with van der Waals surface area (Å²) in [6, 6.07) is -1.73. The van der Waals surface area contributed by atoms with Crippen LogP contribution >= 0.6 is 11.8 Å². The summed E-state index contributed by atoms with van der Waals surface area (Å²) in [4.78, 5) is 32.8. The minimum Gasteiger partial charge on any atom is -0.480 e. The Bertz CT molecular complexity index is 367. The number of primary amides is 1. The Labute approximate surface area is 115 Å². The Morgan fingerprint density at radius 1 is 1.42 bits per heavy atom. The molecule has 0 aliphatic heterocycles. The highest BCUT2D eigenvalue weighted by Crippen LogP contribution is 1.98. The Hall–Kier alpha value is -1.88. The molecule has 0 aliphatic rings. The van der Waals surface area contributed by atoms with Gasteiger partial charge in [0.1, 0.15) is 6.04 Å². The molecule has 0 aromatic rings. The molecule has 0 aromatic heterocycles. The third-order valence-corrected chi connectivity index (χ3v) is 2.86. The normalized spacial score (nSPS) is 11.1. The molecule has 106 valence electrons. The third kappa shape index (κ3) is 9.79. The average molecular weight is 287 g/mol. The van der Waals surface area contributed by atoms with Gasteiger partial charge in [0.2, 0.25) is 5.91 Å². The summed E-state index contributed by atoms with van der Waals surface area (Å²) in [5.74, 6) is 1.81. The molecule has 19 heavy (non-hydrogen) atoms. The molecule has 0 radical (unpaired) electrons. The molecule has 7 nitrogen and oxygen atoms in total. The van der Waals surface area contributed by atoms with Crippen LogP contribution in [0, 0.1) is 12.3 Å². The number of nitrogens with one attached hydrogen (secondary N) is 2. The van der Waals surface area contributed by atoms with Crippen molar-refractivity contribution < 1.29 is 19.5 Å². The van der Waals surface area contributed by atoms with E-state index in [-0.39, 0.29) is 12.8 Å². The lowest BCUT2D eigenvalue weighted by molar-refractivity contribution is -0.139. The van der Waals surface area contributed by atoms with E-state index in [2.05, 4.69) is 16.6 Å². The highest BCUT2D eigenvalue weighted by molar-refractivity contribution is 7.99. The fraction of sp³-hybridized carbons (Fsp3) is 0.545. The van der Waals surface area contributed by atoms with Gasteiger partial charge >= 0.3 is 12.0 Å². The van der Waals surface area contributed by atoms with E-state index in [9.17, 15) is 14.4 Å². The zero-order valence-electron chi connectivity index (χ0n) is 10.3. The number of rotatable bonds is 9. The van der Waals surface area contributed by atoms with Crippen molar-refractivity contribution in [1.82, 2.24) is 10.6 Å². The Balaban J connectivity index is 3.94. The first-order chi connectivity index (χ1) is 8.97. The van der Waals surface area contributed by atoms with E-state index in [1.165, 1.54) is 11.8 Å². The van der Waals surface area contributed by atoms with Gasteiger partial charge in [-0.25, -0.2) is 9.59 Å². The lowest BCUT2D eigenvalue weighted by Gasteiger charge is -2.14. The summed E-state index contributed by atoms with van der Waals surface area (Å²) in [6.45, 7) is 0.375. The quantitative estimate of drug-likeness (QED) is 0.332. The highest BCUT2D eigenvalue weighted by Gasteiger charge is 2.20. The number of carboxylic acid groups (broad SMARTS) is 1. The van der Waals surface area contributed by atoms with Crippen LogP contribution in [0.5, 0.6) is 0 Å². The number of carboxylic acids is 1. The van der Waals surface area contributed by atoms with Gasteiger partial charge in [-0.3, -0.25) is 4.79 Å². The Morgan fingerprint density at radius 2 is 2.11 bits per heavy atom. The predicted octanol–water partition coefficient (Wildman–Crippen LogP) is -0.629. The highest BCUT2D eigenvalue weighted by atomic mass is 32.2. The first-order valence-electron chi connectivity index (χ1n) is 5.54. The van der Waals surface area contributed by atoms with E-state index in [4.69, 9.17) is 17.3 Å². The fourth-order valence-electron chi connectivity index (χ4n) is 1.12. The minimum absolute atomic E-state index is 0.0378. The van der Waals surface area contributed by atoms with E-state index in [0.29, 0.717) is 18.1 Å². The number of nitrogens with two attached hydrogens (primary N) is 1. The lowest BCUT2D eigenvalue weighted by atomic mass is 10.1. The van der Waals surface area contributed by atoms with Gasteiger partial charge in [0.15, 0.2) is 0 Å². The molecular formula is C11H17N3O4S. The average Bonchev–Trinajstić information content (AvgIpc) is 2.33. The maximum Gasteiger partial charge on any atom is 0.326 e. The number of urea groups is 1. The number of hydrogen-bond donors (Lipinski definition) is 4. The smallest absolute Gasteiger partial charge is 0.326 e. The maximum atomic E-state index is 11.4. The number of amides is 3. The molecule has 0 aliphatic carbocycles. The van der Waals surface area contributed by atoms with Crippen molar-refractivity contribution in [3.05, 3.63) is 0 Å². The van der Waals surface area contributed by atoms with Crippen LogP contribution in [0.4, 0.5) is 4.79 Å². The van der Waals surface area contributed by atoms with Crippen molar-refractivity contribution in [2.75, 3.05) is 18.1 Å². The summed E-state index contributed by atoms with van der Waals surface area (Å²) in [6.07, 6.45) is 4.91. The molecule has 0 bridgehead atoms. The summed E-state index contributed by atoms with van der Waals surface area (Å²) in [5, 5.41) is 13.6. The molecule has 1 atom stereocenters. The van der Waals surface area contributed by atoms with Crippen molar-refractivity contribution in [1.29, 1.82) is 0 Å². The Kier molecular flexibility index (Phi) is 9.08. The second kappa shape index (κ2) is 10.1. The predicted molar refractivity (Wildman–Crippen MR) is 72.5 cm³/mol. The van der Waals surface area contributed by atoms with Crippen molar-refractivity contribution in [2.24, 2.45) is 5.73 Å². The van der Waals surface area contributed by atoms with Crippen LogP contribution in [-0.2, 0) is 9.59 Å². The van der Waals surface area contributed by atoms with Gasteiger partial charge in [0, 0.05) is 18.7 Å². The SMILES string of the molecule is C#CCSCCNC(=O)N[C@@H](CCC(N)=O)C(=O)O. The number of carbonyl (C=O) groups is 3. The van der Waals surface area contributed by atoms with Gasteiger partial charge < -0.3 is 21.5 Å². The van der Waals surface area contributed by atoms with E-state index in [0.717, 1.165) is 0 Å². The van der Waals surface area contributed by atoms with Crippen LogP contribution < -0.4 is 16.4 Å². The molecule has 5 N–H and O–H groups in total. The monoisotopic (exact) mass is 287 g/mol. The fourth-order valence-corrected chi connectivity index (χ4v) is 1.63. The zero-order chi connectivity index (χ0) is 14.7. The molecular weight excluding hydrogens is 270 g/mol. The molecule has 0 saturated carbocycles. The van der Waals surface area contributed by atoms with Crippen molar-refractivity contribution in [2.45, 2.75) is 18.9 Å². The largest absolute Gasteiger partial charge is 0.480 e. The molecule has 0 spiro atoms. The molecule has 0 aromatic carbocycles. The Morgan fingerprint density at radius 3 is 2.63 bits per heavy atom. The van der Waals surface area contributed by atoms with Crippen molar-refractivity contribution in [3.63, 3.8) is 0 Å². The number of thioether (sulfide) groups is 1. The third-order valence-electron chi connectivity index (χ3n) is 2.00. The van der Waals surface area contributed by atoms with Gasteiger partial charge in [0.25, 0.3) is 0 Å². The topological polar surface area (TPSA) is 122 Å². The standard InChI is InChI=1S/C11H17N3O4S/c1-2-6-19-7-5-13-11(18)14-8(10(16)17)3-4-9(12)15/h1,8H,3-7H2,(H2,12,15)(H,16,17)(H2,13,14,18)/t8-/m0/s1. The number of aliphatic carboxylic acids is 1.